The molecule has 1 fully saturated rings. The lowest BCUT2D eigenvalue weighted by Crippen LogP contribution is -2.59. The molecule has 21 heavy (non-hydrogen) atoms. The molecule has 0 spiro atoms. The minimum absolute atomic E-state index is 0.267. The summed E-state index contributed by atoms with van der Waals surface area (Å²) in [5, 5.41) is 0. The Morgan fingerprint density at radius 3 is 1.62 bits per heavy atom. The summed E-state index contributed by atoms with van der Waals surface area (Å²) in [5.41, 5.74) is 0. The summed E-state index contributed by atoms with van der Waals surface area (Å²) < 4.78 is 27.3. The van der Waals surface area contributed by atoms with E-state index in [0.717, 1.165) is 0 Å². The van der Waals surface area contributed by atoms with Crippen LogP contribution in [0.3, 0.4) is 0 Å². The molecule has 0 amide bonds. The van der Waals surface area contributed by atoms with Gasteiger partial charge in [-0.3, -0.25) is 9.59 Å². The predicted molar refractivity (Wildman–Crippen MR) is 67.3 cm³/mol. The highest BCUT2D eigenvalue weighted by Gasteiger charge is 2.58. The number of methoxy groups -OCH3 is 2. The van der Waals surface area contributed by atoms with E-state index >= 15 is 0 Å². The Morgan fingerprint density at radius 1 is 0.905 bits per heavy atom. The lowest BCUT2D eigenvalue weighted by molar-refractivity contribution is -0.385. The summed E-state index contributed by atoms with van der Waals surface area (Å²) in [6.45, 7) is 3.40. The monoisotopic (exact) mass is 298 g/mol. The van der Waals surface area contributed by atoms with E-state index in [0.29, 0.717) is 11.5 Å². The summed E-state index contributed by atoms with van der Waals surface area (Å²) in [5.74, 6) is -3.29. The minimum atomic E-state index is -1.15. The van der Waals surface area contributed by atoms with E-state index < -0.39 is 35.3 Å². The Morgan fingerprint density at radius 2 is 1.29 bits per heavy atom. The van der Waals surface area contributed by atoms with Gasteiger partial charge in [-0.2, -0.15) is 0 Å². The van der Waals surface area contributed by atoms with Crippen molar-refractivity contribution in [2.75, 3.05) is 14.2 Å². The van der Waals surface area contributed by atoms with E-state index in [1.807, 2.05) is 0 Å². The van der Waals surface area contributed by atoms with Gasteiger partial charge in [-0.05, 0) is 0 Å². The van der Waals surface area contributed by atoms with Crippen molar-refractivity contribution < 1.29 is 33.3 Å². The second kappa shape index (κ2) is 4.45. The average molecular weight is 298 g/mol. The van der Waals surface area contributed by atoms with E-state index in [9.17, 15) is 9.59 Å². The van der Waals surface area contributed by atoms with Gasteiger partial charge in [0.05, 0.1) is 11.8 Å². The Labute approximate surface area is 122 Å². The van der Waals surface area contributed by atoms with Crippen molar-refractivity contribution in [1.82, 2.24) is 0 Å². The second-order valence-electron chi connectivity index (χ2n) is 5.71. The summed E-state index contributed by atoms with van der Waals surface area (Å²) in [4.78, 5) is 23.4. The van der Waals surface area contributed by atoms with Gasteiger partial charge in [-0.1, -0.05) is 0 Å². The van der Waals surface area contributed by atoms with Gasteiger partial charge in [-0.25, -0.2) is 0 Å². The first-order valence-corrected chi connectivity index (χ1v) is 6.79. The molecule has 7 nitrogen and oxygen atoms in total. The Bertz CT molecular complexity index is 493. The van der Waals surface area contributed by atoms with Gasteiger partial charge in [0.25, 0.3) is 11.6 Å². The Balaban J connectivity index is 1.95. The van der Waals surface area contributed by atoms with E-state index in [-0.39, 0.29) is 12.8 Å². The van der Waals surface area contributed by atoms with E-state index in [2.05, 4.69) is 0 Å². The fraction of sp³-hybridized carbons (Fsp3) is 0.714. The number of hydrogen-bond donors (Lipinski definition) is 0. The van der Waals surface area contributed by atoms with Gasteiger partial charge >= 0.3 is 11.9 Å². The molecule has 4 atom stereocenters. The maximum Gasteiger partial charge on any atom is 0.317 e. The highest BCUT2D eigenvalue weighted by Crippen LogP contribution is 2.48. The molecule has 2 heterocycles. The molecule has 0 aromatic rings. The molecule has 3 rings (SSSR count). The maximum atomic E-state index is 11.7. The highest BCUT2D eigenvalue weighted by atomic mass is 16.8. The summed E-state index contributed by atoms with van der Waals surface area (Å²) in [6.07, 6.45) is 0.534. The van der Waals surface area contributed by atoms with Crippen molar-refractivity contribution in [2.24, 2.45) is 11.8 Å². The van der Waals surface area contributed by atoms with Crippen LogP contribution in [0.5, 0.6) is 0 Å². The van der Waals surface area contributed by atoms with Gasteiger partial charge in [-0.15, -0.1) is 0 Å². The van der Waals surface area contributed by atoms with Crippen LogP contribution < -0.4 is 0 Å². The number of fused-ring (bicyclic) bond motifs is 1. The topological polar surface area (TPSA) is 80.3 Å². The van der Waals surface area contributed by atoms with E-state index in [4.69, 9.17) is 23.7 Å². The first-order valence-electron chi connectivity index (χ1n) is 6.79. The lowest BCUT2D eigenvalue weighted by atomic mass is 9.82. The van der Waals surface area contributed by atoms with Crippen LogP contribution in [0.4, 0.5) is 0 Å². The van der Waals surface area contributed by atoms with Crippen molar-refractivity contribution in [1.29, 1.82) is 0 Å². The molecule has 0 N–H and O–H groups in total. The molecule has 2 aliphatic heterocycles. The van der Waals surface area contributed by atoms with Gasteiger partial charge < -0.3 is 23.7 Å². The molecule has 0 radical (unpaired) electrons. The van der Waals surface area contributed by atoms with Gasteiger partial charge in [0, 0.05) is 40.9 Å². The zero-order valence-corrected chi connectivity index (χ0v) is 12.4. The maximum absolute atomic E-state index is 11.7. The van der Waals surface area contributed by atoms with Crippen LogP contribution in [-0.4, -0.2) is 37.7 Å². The molecule has 1 aliphatic carbocycles. The van der Waals surface area contributed by atoms with Crippen molar-refractivity contribution in [3.63, 3.8) is 0 Å². The molecule has 0 saturated carbocycles. The third kappa shape index (κ3) is 1.87. The average Bonchev–Trinajstić information content (AvgIpc) is 2.73. The molecule has 3 aliphatic rings. The summed E-state index contributed by atoms with van der Waals surface area (Å²) in [7, 11) is 2.98. The number of hydrogen-bond acceptors (Lipinski definition) is 7. The van der Waals surface area contributed by atoms with Crippen LogP contribution in [0.1, 0.15) is 26.7 Å². The zero-order chi connectivity index (χ0) is 15.4. The van der Waals surface area contributed by atoms with Crippen LogP contribution >= 0.6 is 0 Å². The molecule has 116 valence electrons. The van der Waals surface area contributed by atoms with Crippen molar-refractivity contribution >= 4 is 11.9 Å². The number of rotatable bonds is 2. The lowest BCUT2D eigenvalue weighted by Gasteiger charge is -2.49. The molecular weight excluding hydrogens is 280 g/mol. The van der Waals surface area contributed by atoms with Gasteiger partial charge in [0.2, 0.25) is 0 Å². The smallest absolute Gasteiger partial charge is 0.317 e. The predicted octanol–water partition coefficient (Wildman–Crippen LogP) is 1.08. The number of esters is 2. The third-order valence-corrected chi connectivity index (χ3v) is 4.65. The van der Waals surface area contributed by atoms with Gasteiger partial charge in [0.1, 0.15) is 11.5 Å². The van der Waals surface area contributed by atoms with Gasteiger partial charge in [0.15, 0.2) is 0 Å². The number of allylic oxidation sites excluding steroid dienone is 2. The molecule has 0 aromatic carbocycles. The van der Waals surface area contributed by atoms with Crippen LogP contribution in [0, 0.1) is 11.8 Å². The summed E-state index contributed by atoms with van der Waals surface area (Å²) in [6, 6.07) is 0. The normalized spacial score (nSPS) is 41.9. The zero-order valence-electron chi connectivity index (χ0n) is 12.4. The Hall–Kier alpha value is -1.60. The fourth-order valence-electron chi connectivity index (χ4n) is 2.96. The third-order valence-electron chi connectivity index (χ3n) is 4.65. The van der Waals surface area contributed by atoms with Crippen LogP contribution in [-0.2, 0) is 33.3 Å². The van der Waals surface area contributed by atoms with Crippen molar-refractivity contribution in [2.45, 2.75) is 38.3 Å². The number of ether oxygens (including phenoxy) is 5. The standard InChI is InChI=1S/C14H18O7/c1-13(17-3)14(2,18-4)21-10-6-8-7(5-9(10)20-13)11(15)19-12(8)16/h7-8H,5-6H2,1-4H3/t7-,8+,13-,14-/m1/s1. The van der Waals surface area contributed by atoms with Crippen LogP contribution in [0.15, 0.2) is 11.5 Å². The SMILES string of the molecule is CO[C@]1(C)OC2=C(C[C@H]3C(=O)OC(=O)[C@H]3C2)O[C@@]1(C)OC. The second-order valence-corrected chi connectivity index (χ2v) is 5.71. The highest BCUT2D eigenvalue weighted by molar-refractivity contribution is 5.97. The first kappa shape index (κ1) is 14.3. The molecule has 0 bridgehead atoms. The van der Waals surface area contributed by atoms with Crippen LogP contribution in [0.25, 0.3) is 0 Å². The number of cyclic esters (lactones) is 2. The number of carbonyl (C=O) groups excluding carboxylic acids is 2. The van der Waals surface area contributed by atoms with Crippen molar-refractivity contribution in [3.8, 4) is 0 Å². The first-order chi connectivity index (χ1) is 9.83. The number of carbonyl (C=O) groups is 2. The molecule has 1 saturated heterocycles. The molecule has 0 unspecified atom stereocenters. The van der Waals surface area contributed by atoms with Crippen molar-refractivity contribution in [3.05, 3.63) is 11.5 Å². The molecule has 7 heteroatoms. The fourth-order valence-corrected chi connectivity index (χ4v) is 2.96. The van der Waals surface area contributed by atoms with E-state index in [1.165, 1.54) is 14.2 Å². The van der Waals surface area contributed by atoms with E-state index in [1.54, 1.807) is 13.8 Å². The molecule has 0 aromatic heterocycles. The Kier molecular flexibility index (Phi) is 3.04. The minimum Gasteiger partial charge on any atom is -0.456 e. The quantitative estimate of drug-likeness (QED) is 0.557. The van der Waals surface area contributed by atoms with Crippen LogP contribution in [0.2, 0.25) is 0 Å². The molecular formula is C14H18O7. The summed E-state index contributed by atoms with van der Waals surface area (Å²) >= 11 is 0. The largest absolute Gasteiger partial charge is 0.456 e.